The van der Waals surface area contributed by atoms with Gasteiger partial charge in [-0.15, -0.1) is 0 Å². The molecule has 1 amide bonds. The lowest BCUT2D eigenvalue weighted by molar-refractivity contribution is -0.208. The number of esters is 2. The first-order chi connectivity index (χ1) is 16.1. The Kier molecular flexibility index (Phi) is 8.88. The highest BCUT2D eigenvalue weighted by Gasteiger charge is 2.61. The highest BCUT2D eigenvalue weighted by Crippen LogP contribution is 2.26. The van der Waals surface area contributed by atoms with Crippen LogP contribution in [0.4, 0.5) is 5.69 Å². The standard InChI is InChI=1S/C24H38N4O7/c1-22(2,3)33-20(31)24(35-26,21(32)34-23(4,5)6)19(30)28-11-9-27(10-12-28)14-17-13-16(15-29)7-8-18(17)25/h7-8,13,29H,9-12,14-15,25-26H2,1-6H3. The molecule has 1 fully saturated rings. The smallest absolute Gasteiger partial charge is 0.363 e. The molecule has 0 aliphatic carbocycles. The molecule has 1 aliphatic rings. The van der Waals surface area contributed by atoms with Gasteiger partial charge in [0.2, 0.25) is 0 Å². The van der Waals surface area contributed by atoms with E-state index in [4.69, 9.17) is 25.9 Å². The molecule has 0 bridgehead atoms. The van der Waals surface area contributed by atoms with Gasteiger partial charge in [-0.3, -0.25) is 14.5 Å². The summed E-state index contributed by atoms with van der Waals surface area (Å²) in [4.78, 5) is 48.0. The van der Waals surface area contributed by atoms with Crippen molar-refractivity contribution in [3.63, 3.8) is 0 Å². The van der Waals surface area contributed by atoms with Crippen LogP contribution in [0.3, 0.4) is 0 Å². The SMILES string of the molecule is CC(C)(C)OC(=O)C(ON)(C(=O)OC(C)(C)C)C(=O)N1CCN(Cc2cc(CO)ccc2N)CC1. The fourth-order valence-electron chi connectivity index (χ4n) is 3.57. The molecule has 0 saturated carbocycles. The molecule has 196 valence electrons. The van der Waals surface area contributed by atoms with Gasteiger partial charge >= 0.3 is 17.5 Å². The van der Waals surface area contributed by atoms with Crippen LogP contribution < -0.4 is 11.6 Å². The van der Waals surface area contributed by atoms with Crippen LogP contribution in [0.15, 0.2) is 18.2 Å². The maximum absolute atomic E-state index is 13.6. The van der Waals surface area contributed by atoms with E-state index in [-0.39, 0.29) is 19.7 Å². The third kappa shape index (κ3) is 7.14. The van der Waals surface area contributed by atoms with Crippen molar-refractivity contribution in [2.24, 2.45) is 5.90 Å². The van der Waals surface area contributed by atoms with Crippen LogP contribution in [-0.4, -0.2) is 75.7 Å². The number of aliphatic hydroxyl groups is 1. The highest BCUT2D eigenvalue weighted by molar-refractivity contribution is 6.23. The molecule has 0 spiro atoms. The zero-order chi connectivity index (χ0) is 26.6. The Balaban J connectivity index is 2.23. The summed E-state index contributed by atoms with van der Waals surface area (Å²) >= 11 is 0. The molecule has 0 aromatic heterocycles. The lowest BCUT2D eigenvalue weighted by atomic mass is 10.00. The number of nitrogens with two attached hydrogens (primary N) is 2. The minimum Gasteiger partial charge on any atom is -0.457 e. The van der Waals surface area contributed by atoms with E-state index in [1.54, 1.807) is 53.7 Å². The number of rotatable bonds is 7. The number of carbonyl (C=O) groups is 3. The van der Waals surface area contributed by atoms with E-state index >= 15 is 0 Å². The first kappa shape index (κ1) is 28.5. The Bertz CT molecular complexity index is 901. The third-order valence-corrected chi connectivity index (χ3v) is 5.29. The second-order valence-electron chi connectivity index (χ2n) is 10.6. The number of benzene rings is 1. The number of ether oxygens (including phenoxy) is 2. The van der Waals surface area contributed by atoms with E-state index < -0.39 is 34.6 Å². The Morgan fingerprint density at radius 2 is 1.46 bits per heavy atom. The largest absolute Gasteiger partial charge is 0.457 e. The van der Waals surface area contributed by atoms with Gasteiger partial charge in [0.25, 0.3) is 5.91 Å². The zero-order valence-electron chi connectivity index (χ0n) is 21.4. The molecule has 11 heteroatoms. The van der Waals surface area contributed by atoms with Crippen molar-refractivity contribution >= 4 is 23.5 Å². The first-order valence-electron chi connectivity index (χ1n) is 11.5. The van der Waals surface area contributed by atoms with Gasteiger partial charge in [-0.1, -0.05) is 12.1 Å². The quantitative estimate of drug-likeness (QED) is 0.213. The van der Waals surface area contributed by atoms with E-state index in [2.05, 4.69) is 4.90 Å². The normalized spacial score (nSPS) is 15.6. The van der Waals surface area contributed by atoms with Crippen molar-refractivity contribution < 1.29 is 33.8 Å². The third-order valence-electron chi connectivity index (χ3n) is 5.29. The number of nitrogens with zero attached hydrogens (tertiary/aromatic N) is 2. The van der Waals surface area contributed by atoms with E-state index in [0.29, 0.717) is 25.3 Å². The number of hydrogen-bond acceptors (Lipinski definition) is 10. The summed E-state index contributed by atoms with van der Waals surface area (Å²) in [6.07, 6.45) is 0. The maximum Gasteiger partial charge on any atom is 0.363 e. The molecule has 2 rings (SSSR count). The topological polar surface area (TPSA) is 158 Å². The van der Waals surface area contributed by atoms with Crippen molar-refractivity contribution in [2.75, 3.05) is 31.9 Å². The van der Waals surface area contributed by atoms with Gasteiger partial charge in [0.1, 0.15) is 11.2 Å². The Morgan fingerprint density at radius 1 is 0.943 bits per heavy atom. The molecule has 1 aromatic rings. The number of nitrogen functional groups attached to an aromatic ring is 1. The number of piperazine rings is 1. The van der Waals surface area contributed by atoms with E-state index in [1.807, 2.05) is 6.07 Å². The van der Waals surface area contributed by atoms with Crippen LogP contribution in [0, 0.1) is 0 Å². The van der Waals surface area contributed by atoms with Crippen LogP contribution in [0.2, 0.25) is 0 Å². The van der Waals surface area contributed by atoms with Crippen molar-refractivity contribution in [1.82, 2.24) is 9.80 Å². The number of anilines is 1. The average Bonchev–Trinajstić information content (AvgIpc) is 2.74. The minimum atomic E-state index is -2.79. The van der Waals surface area contributed by atoms with E-state index in [1.165, 1.54) is 4.90 Å². The van der Waals surface area contributed by atoms with Gasteiger partial charge in [-0.05, 0) is 58.7 Å². The Hall–Kier alpha value is -2.73. The predicted molar refractivity (Wildman–Crippen MR) is 128 cm³/mol. The summed E-state index contributed by atoms with van der Waals surface area (Å²) in [7, 11) is 0. The number of aliphatic hydroxyl groups excluding tert-OH is 1. The van der Waals surface area contributed by atoms with Gasteiger partial charge in [0, 0.05) is 38.4 Å². The van der Waals surface area contributed by atoms with Crippen molar-refractivity contribution in [3.05, 3.63) is 29.3 Å². The molecule has 0 radical (unpaired) electrons. The second kappa shape index (κ2) is 10.9. The molecule has 0 atom stereocenters. The Morgan fingerprint density at radius 3 is 1.89 bits per heavy atom. The summed E-state index contributed by atoms with van der Waals surface area (Å²) in [6.45, 7) is 11.3. The lowest BCUT2D eigenvalue weighted by Gasteiger charge is -2.39. The molecule has 1 heterocycles. The van der Waals surface area contributed by atoms with Crippen LogP contribution in [0.5, 0.6) is 0 Å². The molecule has 0 unspecified atom stereocenters. The molecular weight excluding hydrogens is 456 g/mol. The summed E-state index contributed by atoms with van der Waals surface area (Å²) < 4.78 is 10.7. The molecule has 5 N–H and O–H groups in total. The molecule has 35 heavy (non-hydrogen) atoms. The summed E-state index contributed by atoms with van der Waals surface area (Å²) in [5.41, 5.74) is 3.48. The molecule has 1 aliphatic heterocycles. The predicted octanol–water partition coefficient (Wildman–Crippen LogP) is 0.718. The van der Waals surface area contributed by atoms with Gasteiger partial charge in [0.15, 0.2) is 0 Å². The summed E-state index contributed by atoms with van der Waals surface area (Å²) in [5, 5.41) is 9.39. The zero-order valence-corrected chi connectivity index (χ0v) is 21.4. The van der Waals surface area contributed by atoms with Crippen molar-refractivity contribution in [2.45, 2.75) is 71.5 Å². The first-order valence-corrected chi connectivity index (χ1v) is 11.5. The summed E-state index contributed by atoms with van der Waals surface area (Å²) in [6, 6.07) is 5.34. The van der Waals surface area contributed by atoms with Gasteiger partial charge < -0.3 is 25.2 Å². The average molecular weight is 495 g/mol. The molecule has 1 saturated heterocycles. The monoisotopic (exact) mass is 494 g/mol. The van der Waals surface area contributed by atoms with Crippen LogP contribution in [-0.2, 0) is 41.8 Å². The van der Waals surface area contributed by atoms with Crippen LogP contribution in [0.1, 0.15) is 52.7 Å². The maximum atomic E-state index is 13.6. The molecular formula is C24H38N4O7. The van der Waals surface area contributed by atoms with E-state index in [0.717, 1.165) is 11.1 Å². The molecule has 11 nitrogen and oxygen atoms in total. The highest BCUT2D eigenvalue weighted by atomic mass is 16.7. The fourth-order valence-corrected chi connectivity index (χ4v) is 3.57. The lowest BCUT2D eigenvalue weighted by Crippen LogP contribution is -2.66. The fraction of sp³-hybridized carbons (Fsp3) is 0.625. The summed E-state index contributed by atoms with van der Waals surface area (Å²) in [5.74, 6) is 2.03. The van der Waals surface area contributed by atoms with Gasteiger partial charge in [-0.25, -0.2) is 15.5 Å². The second-order valence-corrected chi connectivity index (χ2v) is 10.6. The van der Waals surface area contributed by atoms with Crippen LogP contribution >= 0.6 is 0 Å². The Labute approximate surface area is 206 Å². The van der Waals surface area contributed by atoms with Crippen molar-refractivity contribution in [3.8, 4) is 0 Å². The van der Waals surface area contributed by atoms with Crippen molar-refractivity contribution in [1.29, 1.82) is 0 Å². The minimum absolute atomic E-state index is 0.0912. The van der Waals surface area contributed by atoms with Crippen LogP contribution in [0.25, 0.3) is 0 Å². The number of carbonyl (C=O) groups excluding carboxylic acids is 3. The number of hydrogen-bond donors (Lipinski definition) is 3. The molecule has 1 aromatic carbocycles. The van der Waals surface area contributed by atoms with Gasteiger partial charge in [0.05, 0.1) is 6.61 Å². The van der Waals surface area contributed by atoms with E-state index in [9.17, 15) is 19.5 Å². The number of amides is 1. The van der Waals surface area contributed by atoms with Gasteiger partial charge in [-0.2, -0.15) is 0 Å².